The molecule has 0 unspecified atom stereocenters. The van der Waals surface area contributed by atoms with Gasteiger partial charge >= 0.3 is 5.97 Å². The van der Waals surface area contributed by atoms with Crippen molar-refractivity contribution in [2.45, 2.75) is 104 Å². The van der Waals surface area contributed by atoms with E-state index in [1.165, 1.54) is 5.57 Å². The third-order valence-electron chi connectivity index (χ3n) is 9.72. The molecule has 0 amide bonds. The van der Waals surface area contributed by atoms with E-state index in [2.05, 4.69) is 20.8 Å². The van der Waals surface area contributed by atoms with Crippen LogP contribution in [-0.2, 0) is 19.1 Å². The Morgan fingerprint density at radius 1 is 1.10 bits per heavy atom. The zero-order valence-corrected chi connectivity index (χ0v) is 19.9. The van der Waals surface area contributed by atoms with E-state index in [-0.39, 0.29) is 34.6 Å². The van der Waals surface area contributed by atoms with Gasteiger partial charge in [-0.1, -0.05) is 39.2 Å². The van der Waals surface area contributed by atoms with Crippen LogP contribution in [0.5, 0.6) is 0 Å². The predicted octanol–water partition coefficient (Wildman–Crippen LogP) is 5.83. The minimum absolute atomic E-state index is 0.0158. The summed E-state index contributed by atoms with van der Waals surface area (Å²) < 4.78 is 6.21. The van der Waals surface area contributed by atoms with Gasteiger partial charge in [0.2, 0.25) is 0 Å². The van der Waals surface area contributed by atoms with Gasteiger partial charge in [-0.3, -0.25) is 14.4 Å². The minimum atomic E-state index is -0.153. The molecular formula is C27H40O4. The number of hydrogen-bond donors (Lipinski definition) is 0. The molecule has 31 heavy (non-hydrogen) atoms. The highest BCUT2D eigenvalue weighted by Gasteiger charge is 2.62. The first-order valence-corrected chi connectivity index (χ1v) is 12.6. The topological polar surface area (TPSA) is 60.4 Å². The van der Waals surface area contributed by atoms with Gasteiger partial charge in [0.25, 0.3) is 0 Å². The first-order chi connectivity index (χ1) is 14.7. The van der Waals surface area contributed by atoms with E-state index in [0.29, 0.717) is 42.8 Å². The maximum atomic E-state index is 12.7. The summed E-state index contributed by atoms with van der Waals surface area (Å²) in [6.45, 7) is 8.57. The Morgan fingerprint density at radius 3 is 2.58 bits per heavy atom. The van der Waals surface area contributed by atoms with E-state index < -0.39 is 0 Å². The lowest BCUT2D eigenvalue weighted by molar-refractivity contribution is -0.169. The van der Waals surface area contributed by atoms with Crippen molar-refractivity contribution >= 4 is 17.5 Å². The summed E-state index contributed by atoms with van der Waals surface area (Å²) in [6, 6.07) is 0. The lowest BCUT2D eigenvalue weighted by Gasteiger charge is -2.59. The average Bonchev–Trinajstić information content (AvgIpc) is 3.07. The van der Waals surface area contributed by atoms with Crippen LogP contribution >= 0.6 is 0 Å². The van der Waals surface area contributed by atoms with Gasteiger partial charge in [-0.15, -0.1) is 0 Å². The Hall–Kier alpha value is -1.45. The molecule has 0 radical (unpaired) electrons. The summed E-state index contributed by atoms with van der Waals surface area (Å²) in [4.78, 5) is 37.5. The summed E-state index contributed by atoms with van der Waals surface area (Å²) in [6.07, 6.45) is 11.6. The molecule has 0 aromatic heterocycles. The molecule has 0 heterocycles. The lowest BCUT2D eigenvalue weighted by atomic mass is 9.46. The second-order valence-electron chi connectivity index (χ2n) is 11.3. The monoisotopic (exact) mass is 428 g/mol. The Kier molecular flexibility index (Phi) is 6.22. The first kappa shape index (κ1) is 22.7. The highest BCUT2D eigenvalue weighted by atomic mass is 16.5. The average molecular weight is 429 g/mol. The molecule has 4 aliphatic carbocycles. The molecule has 3 fully saturated rings. The molecule has 4 aliphatic rings. The number of ketones is 2. The van der Waals surface area contributed by atoms with Gasteiger partial charge in [-0.25, -0.2) is 0 Å². The molecule has 4 rings (SSSR count). The third kappa shape index (κ3) is 3.82. The second kappa shape index (κ2) is 8.48. The van der Waals surface area contributed by atoms with Crippen molar-refractivity contribution in [3.05, 3.63) is 11.6 Å². The normalized spacial score (nSPS) is 41.6. The Balaban J connectivity index is 1.66. The molecule has 3 saturated carbocycles. The number of esters is 1. The van der Waals surface area contributed by atoms with Crippen molar-refractivity contribution in [2.75, 3.05) is 0 Å². The first-order valence-electron chi connectivity index (χ1n) is 12.6. The smallest absolute Gasteiger partial charge is 0.306 e. The van der Waals surface area contributed by atoms with E-state index >= 15 is 0 Å². The van der Waals surface area contributed by atoms with Crippen molar-refractivity contribution in [3.63, 3.8) is 0 Å². The van der Waals surface area contributed by atoms with Crippen molar-refractivity contribution in [1.82, 2.24) is 0 Å². The molecule has 0 aromatic rings. The number of carbonyl (C=O) groups excluding carboxylic acids is 3. The Bertz CT molecular complexity index is 782. The molecule has 0 saturated heterocycles. The van der Waals surface area contributed by atoms with Gasteiger partial charge in [0.1, 0.15) is 11.9 Å². The van der Waals surface area contributed by atoms with Gasteiger partial charge in [0, 0.05) is 31.1 Å². The van der Waals surface area contributed by atoms with Crippen molar-refractivity contribution in [3.8, 4) is 0 Å². The molecule has 7 atom stereocenters. The van der Waals surface area contributed by atoms with Crippen LogP contribution in [0.15, 0.2) is 11.6 Å². The number of fused-ring (bicyclic) bond motifs is 5. The fraction of sp³-hybridized carbons (Fsp3) is 0.815. The Morgan fingerprint density at radius 2 is 1.87 bits per heavy atom. The van der Waals surface area contributed by atoms with Crippen LogP contribution in [0.2, 0.25) is 0 Å². The molecule has 0 N–H and O–H groups in total. The molecule has 172 valence electrons. The van der Waals surface area contributed by atoms with Crippen LogP contribution in [0.1, 0.15) is 98.3 Å². The van der Waals surface area contributed by atoms with Crippen molar-refractivity contribution in [2.24, 2.45) is 34.5 Å². The van der Waals surface area contributed by atoms with E-state index in [1.54, 1.807) is 6.92 Å². The summed E-state index contributed by atoms with van der Waals surface area (Å²) in [5.41, 5.74) is 1.25. The summed E-state index contributed by atoms with van der Waals surface area (Å²) >= 11 is 0. The van der Waals surface area contributed by atoms with Crippen LogP contribution in [-0.4, -0.2) is 23.6 Å². The molecule has 0 aliphatic heterocycles. The largest absolute Gasteiger partial charge is 0.462 e. The molecule has 0 aromatic carbocycles. The van der Waals surface area contributed by atoms with Gasteiger partial charge < -0.3 is 4.74 Å². The quantitative estimate of drug-likeness (QED) is 0.395. The second-order valence-corrected chi connectivity index (χ2v) is 11.3. The van der Waals surface area contributed by atoms with Crippen LogP contribution in [0, 0.1) is 34.5 Å². The van der Waals surface area contributed by atoms with Gasteiger partial charge in [0.05, 0.1) is 0 Å². The highest BCUT2D eigenvalue weighted by Crippen LogP contribution is 2.67. The van der Waals surface area contributed by atoms with E-state index in [0.717, 1.165) is 51.4 Å². The van der Waals surface area contributed by atoms with Crippen molar-refractivity contribution < 1.29 is 19.1 Å². The predicted molar refractivity (Wildman–Crippen MR) is 120 cm³/mol. The number of unbranched alkanes of at least 4 members (excludes halogenated alkanes) is 2. The van der Waals surface area contributed by atoms with Crippen LogP contribution in [0.4, 0.5) is 0 Å². The fourth-order valence-electron chi connectivity index (χ4n) is 8.03. The zero-order valence-electron chi connectivity index (χ0n) is 19.9. The third-order valence-corrected chi connectivity index (χ3v) is 9.72. The zero-order chi connectivity index (χ0) is 22.4. The maximum absolute atomic E-state index is 12.7. The highest BCUT2D eigenvalue weighted by molar-refractivity contribution is 5.91. The number of hydrogen-bond acceptors (Lipinski definition) is 4. The van der Waals surface area contributed by atoms with E-state index in [4.69, 9.17) is 4.74 Å². The Labute approximate surface area is 187 Å². The van der Waals surface area contributed by atoms with Crippen molar-refractivity contribution in [1.29, 1.82) is 0 Å². The molecule has 0 bridgehead atoms. The summed E-state index contributed by atoms with van der Waals surface area (Å²) in [7, 11) is 0. The van der Waals surface area contributed by atoms with Gasteiger partial charge in [0.15, 0.2) is 5.78 Å². The fourth-order valence-corrected chi connectivity index (χ4v) is 8.03. The summed E-state index contributed by atoms with van der Waals surface area (Å²) in [5.74, 6) is 1.74. The number of ether oxygens (including phenoxy) is 1. The maximum Gasteiger partial charge on any atom is 0.306 e. The molecule has 0 spiro atoms. The standard InChI is InChI=1S/C27H40O4/c1-5-6-7-8-24(30)31-23-16-18-15-19(29)11-13-26(18,3)22-12-14-27(4)20(17(2)28)9-10-21(27)25(22)23/h15,20-23,25H,5-14,16H2,1-4H3/t20-,21+,22+,23-,25+,26+,27-/m1/s1. The number of carbonyl (C=O) groups is 3. The van der Waals surface area contributed by atoms with Gasteiger partial charge in [-0.2, -0.15) is 0 Å². The van der Waals surface area contributed by atoms with Crippen LogP contribution in [0.3, 0.4) is 0 Å². The minimum Gasteiger partial charge on any atom is -0.462 e. The number of rotatable bonds is 6. The SMILES string of the molecule is CCCCCC(=O)O[C@@H]1CC2=CC(=O)CC[C@]2(C)[C@H]2CC[C@]3(C)[C@@H](C(C)=O)CC[C@H]3[C@H]12. The van der Waals surface area contributed by atoms with Crippen LogP contribution < -0.4 is 0 Å². The van der Waals surface area contributed by atoms with Crippen LogP contribution in [0.25, 0.3) is 0 Å². The van der Waals surface area contributed by atoms with E-state index in [1.807, 2.05) is 6.08 Å². The lowest BCUT2D eigenvalue weighted by Crippen LogP contribution is -2.56. The van der Waals surface area contributed by atoms with E-state index in [9.17, 15) is 14.4 Å². The molecule has 4 heteroatoms. The number of Topliss-reactive ketones (excluding diaryl/α,β-unsaturated/α-hetero) is 1. The molecular weight excluding hydrogens is 388 g/mol. The summed E-state index contributed by atoms with van der Waals surface area (Å²) in [5, 5.41) is 0. The van der Waals surface area contributed by atoms with Gasteiger partial charge in [-0.05, 0) is 74.2 Å². The molecule has 4 nitrogen and oxygen atoms in total.